The van der Waals surface area contributed by atoms with Crippen molar-refractivity contribution in [1.82, 2.24) is 14.9 Å². The summed E-state index contributed by atoms with van der Waals surface area (Å²) in [5, 5.41) is 3.05. The first kappa shape index (κ1) is 17.4. The van der Waals surface area contributed by atoms with Crippen LogP contribution in [-0.2, 0) is 11.2 Å². The largest absolute Gasteiger partial charge is 0.361 e. The first-order valence-electron chi connectivity index (χ1n) is 9.78. The lowest BCUT2D eigenvalue weighted by atomic mass is 9.93. The van der Waals surface area contributed by atoms with Gasteiger partial charge in [0.25, 0.3) is 0 Å². The topological polar surface area (TPSA) is 51.9 Å². The van der Waals surface area contributed by atoms with Gasteiger partial charge < -0.3 is 14.9 Å². The van der Waals surface area contributed by atoms with Crippen molar-refractivity contribution in [3.63, 3.8) is 0 Å². The number of carbonyl (C=O) groups is 1. The molecule has 1 amide bonds. The molecule has 1 aliphatic heterocycles. The third-order valence-electron chi connectivity index (χ3n) is 5.91. The van der Waals surface area contributed by atoms with Crippen LogP contribution in [0.1, 0.15) is 30.0 Å². The summed E-state index contributed by atoms with van der Waals surface area (Å²) in [6.45, 7) is 1.62. The molecule has 142 valence electrons. The van der Waals surface area contributed by atoms with Gasteiger partial charge in [-0.3, -0.25) is 4.79 Å². The Hall–Kier alpha value is -2.72. The van der Waals surface area contributed by atoms with Gasteiger partial charge in [-0.25, -0.2) is 0 Å². The molecule has 0 bridgehead atoms. The molecule has 0 saturated carbocycles. The van der Waals surface area contributed by atoms with Crippen molar-refractivity contribution in [2.45, 2.75) is 25.2 Å². The zero-order chi connectivity index (χ0) is 19.1. The molecule has 5 rings (SSSR count). The predicted octanol–water partition coefficient (Wildman–Crippen LogP) is 5.25. The summed E-state index contributed by atoms with van der Waals surface area (Å²) < 4.78 is 0. The van der Waals surface area contributed by atoms with Crippen LogP contribution in [0, 0.1) is 0 Å². The SMILES string of the molecule is O=C(Cc1c[nH]c2ccccc12)N1CCC(c2cc3cc(Cl)ccc3[nH]2)CC1. The molecule has 0 unspecified atom stereocenters. The number of piperidine rings is 1. The Morgan fingerprint density at radius 1 is 1.07 bits per heavy atom. The average molecular weight is 392 g/mol. The first-order valence-corrected chi connectivity index (χ1v) is 10.2. The van der Waals surface area contributed by atoms with E-state index in [1.54, 1.807) is 0 Å². The Balaban J connectivity index is 1.25. The molecule has 2 aromatic heterocycles. The molecule has 2 N–H and O–H groups in total. The molecule has 1 fully saturated rings. The van der Waals surface area contributed by atoms with Gasteiger partial charge in [-0.05, 0) is 48.7 Å². The standard InChI is InChI=1S/C23H22ClN3O/c24-18-5-6-20-16(11-18)12-22(26-20)15-7-9-27(10-8-15)23(28)13-17-14-25-21-4-2-1-3-19(17)21/h1-6,11-12,14-15,25-26H,7-10,13H2. The van der Waals surface area contributed by atoms with Gasteiger partial charge in [-0.1, -0.05) is 29.8 Å². The minimum absolute atomic E-state index is 0.214. The van der Waals surface area contributed by atoms with E-state index in [1.807, 2.05) is 47.5 Å². The molecule has 0 atom stereocenters. The third kappa shape index (κ3) is 3.18. The Labute approximate surface area is 168 Å². The number of halogens is 1. The Kier molecular flexibility index (Phi) is 4.36. The number of nitrogens with zero attached hydrogens (tertiary/aromatic N) is 1. The normalized spacial score (nSPS) is 15.5. The van der Waals surface area contributed by atoms with Crippen molar-refractivity contribution in [3.8, 4) is 0 Å². The van der Waals surface area contributed by atoms with Crippen LogP contribution in [0.25, 0.3) is 21.8 Å². The van der Waals surface area contributed by atoms with Gasteiger partial charge in [0.15, 0.2) is 0 Å². The van der Waals surface area contributed by atoms with E-state index in [0.717, 1.165) is 58.3 Å². The van der Waals surface area contributed by atoms with E-state index in [4.69, 9.17) is 11.6 Å². The predicted molar refractivity (Wildman–Crippen MR) is 114 cm³/mol. The van der Waals surface area contributed by atoms with Crippen LogP contribution >= 0.6 is 11.6 Å². The number of amides is 1. The monoisotopic (exact) mass is 391 g/mol. The van der Waals surface area contributed by atoms with Crippen molar-refractivity contribution in [3.05, 3.63) is 71.0 Å². The van der Waals surface area contributed by atoms with Crippen LogP contribution in [0.5, 0.6) is 0 Å². The minimum atomic E-state index is 0.214. The minimum Gasteiger partial charge on any atom is -0.361 e. The Morgan fingerprint density at radius 2 is 1.89 bits per heavy atom. The van der Waals surface area contributed by atoms with E-state index in [0.29, 0.717) is 12.3 Å². The van der Waals surface area contributed by atoms with Crippen molar-refractivity contribution in [2.75, 3.05) is 13.1 Å². The quantitative estimate of drug-likeness (QED) is 0.492. The molecule has 3 heterocycles. The molecule has 1 aliphatic rings. The van der Waals surface area contributed by atoms with Crippen LogP contribution < -0.4 is 0 Å². The second-order valence-corrected chi connectivity index (χ2v) is 8.08. The fourth-order valence-electron chi connectivity index (χ4n) is 4.34. The average Bonchev–Trinajstić information content (AvgIpc) is 3.32. The van der Waals surface area contributed by atoms with E-state index < -0.39 is 0 Å². The number of fused-ring (bicyclic) bond motifs is 2. The molecule has 4 nitrogen and oxygen atoms in total. The molecule has 0 spiro atoms. The molecule has 4 aromatic rings. The second-order valence-electron chi connectivity index (χ2n) is 7.65. The number of H-pyrrole nitrogens is 2. The molecule has 1 saturated heterocycles. The molecule has 5 heteroatoms. The number of rotatable bonds is 3. The highest BCUT2D eigenvalue weighted by Gasteiger charge is 2.25. The van der Waals surface area contributed by atoms with E-state index in [1.165, 1.54) is 5.69 Å². The number of hydrogen-bond acceptors (Lipinski definition) is 1. The Morgan fingerprint density at radius 3 is 2.75 bits per heavy atom. The highest BCUT2D eigenvalue weighted by atomic mass is 35.5. The lowest BCUT2D eigenvalue weighted by molar-refractivity contribution is -0.131. The second kappa shape index (κ2) is 7.02. The number of carbonyl (C=O) groups excluding carboxylic acids is 1. The fraction of sp³-hybridized carbons (Fsp3) is 0.261. The maximum Gasteiger partial charge on any atom is 0.227 e. The first-order chi connectivity index (χ1) is 13.7. The van der Waals surface area contributed by atoms with Gasteiger partial charge in [0.05, 0.1) is 6.42 Å². The van der Waals surface area contributed by atoms with E-state index in [-0.39, 0.29) is 5.91 Å². The van der Waals surface area contributed by atoms with Crippen LogP contribution in [-0.4, -0.2) is 33.9 Å². The van der Waals surface area contributed by atoms with Gasteiger partial charge in [-0.15, -0.1) is 0 Å². The van der Waals surface area contributed by atoms with Gasteiger partial charge in [0, 0.05) is 57.7 Å². The maximum absolute atomic E-state index is 12.8. The number of aromatic amines is 2. The summed E-state index contributed by atoms with van der Waals surface area (Å²) in [7, 11) is 0. The van der Waals surface area contributed by atoms with Gasteiger partial charge in [0.2, 0.25) is 5.91 Å². The van der Waals surface area contributed by atoms with Crippen LogP contribution in [0.3, 0.4) is 0 Å². The van der Waals surface area contributed by atoms with Crippen LogP contribution in [0.4, 0.5) is 0 Å². The highest BCUT2D eigenvalue weighted by Crippen LogP contribution is 2.31. The summed E-state index contributed by atoms with van der Waals surface area (Å²) in [6, 6.07) is 16.3. The smallest absolute Gasteiger partial charge is 0.227 e. The molecular weight excluding hydrogens is 370 g/mol. The van der Waals surface area contributed by atoms with E-state index in [9.17, 15) is 4.79 Å². The number of para-hydroxylation sites is 1. The summed E-state index contributed by atoms with van der Waals surface area (Å²) in [6.07, 6.45) is 4.39. The van der Waals surface area contributed by atoms with Crippen LogP contribution in [0.2, 0.25) is 5.02 Å². The van der Waals surface area contributed by atoms with Crippen LogP contribution in [0.15, 0.2) is 54.7 Å². The Bertz CT molecular complexity index is 1150. The number of likely N-dealkylation sites (tertiary alicyclic amines) is 1. The molecule has 2 aromatic carbocycles. The summed E-state index contributed by atoms with van der Waals surface area (Å²) >= 11 is 6.10. The maximum atomic E-state index is 12.8. The molecular formula is C23H22ClN3O. The van der Waals surface area contributed by atoms with Crippen molar-refractivity contribution in [2.24, 2.45) is 0 Å². The number of hydrogen-bond donors (Lipinski definition) is 2. The molecule has 28 heavy (non-hydrogen) atoms. The van der Waals surface area contributed by atoms with Gasteiger partial charge in [0.1, 0.15) is 0 Å². The summed E-state index contributed by atoms with van der Waals surface area (Å²) in [4.78, 5) is 21.6. The fourth-order valence-corrected chi connectivity index (χ4v) is 4.52. The molecule has 0 radical (unpaired) electrons. The summed E-state index contributed by atoms with van der Waals surface area (Å²) in [5.41, 5.74) is 4.54. The number of aromatic nitrogens is 2. The molecule has 0 aliphatic carbocycles. The van der Waals surface area contributed by atoms with Crippen molar-refractivity contribution in [1.29, 1.82) is 0 Å². The van der Waals surface area contributed by atoms with Gasteiger partial charge in [-0.2, -0.15) is 0 Å². The van der Waals surface area contributed by atoms with Crippen molar-refractivity contribution < 1.29 is 4.79 Å². The third-order valence-corrected chi connectivity index (χ3v) is 6.14. The summed E-state index contributed by atoms with van der Waals surface area (Å²) in [5.74, 6) is 0.676. The van der Waals surface area contributed by atoms with Gasteiger partial charge >= 0.3 is 0 Å². The highest BCUT2D eigenvalue weighted by molar-refractivity contribution is 6.31. The van der Waals surface area contributed by atoms with E-state index in [2.05, 4.69) is 22.1 Å². The van der Waals surface area contributed by atoms with Crippen molar-refractivity contribution >= 4 is 39.3 Å². The van der Waals surface area contributed by atoms with E-state index >= 15 is 0 Å². The number of benzene rings is 2. The lowest BCUT2D eigenvalue weighted by Gasteiger charge is -2.31. The zero-order valence-corrected chi connectivity index (χ0v) is 16.3. The number of nitrogens with one attached hydrogen (secondary N) is 2. The lowest BCUT2D eigenvalue weighted by Crippen LogP contribution is -2.38. The zero-order valence-electron chi connectivity index (χ0n) is 15.5.